The van der Waals surface area contributed by atoms with Crippen molar-refractivity contribution in [3.05, 3.63) is 48.0 Å². The number of esters is 1. The van der Waals surface area contributed by atoms with Gasteiger partial charge in [0.15, 0.2) is 0 Å². The van der Waals surface area contributed by atoms with Gasteiger partial charge < -0.3 is 4.74 Å². The van der Waals surface area contributed by atoms with Gasteiger partial charge in [-0.25, -0.2) is 4.79 Å². The third-order valence-electron chi connectivity index (χ3n) is 1.97. The molecule has 1 aromatic carbocycles. The zero-order chi connectivity index (χ0) is 10.6. The lowest BCUT2D eigenvalue weighted by atomic mass is 10.0. The fourth-order valence-corrected chi connectivity index (χ4v) is 1.28. The first-order valence-electron chi connectivity index (χ1n) is 4.20. The predicted octanol–water partition coefficient (Wildman–Crippen LogP) is 2.76. The first-order valence-corrected chi connectivity index (χ1v) is 4.20. The Kier molecular flexibility index (Phi) is 3.24. The van der Waals surface area contributed by atoms with Crippen LogP contribution in [0.25, 0.3) is 12.2 Å². The smallest absolute Gasteiger partial charge is 0.338 e. The van der Waals surface area contributed by atoms with Crippen molar-refractivity contribution in [2.45, 2.75) is 0 Å². The lowest BCUT2D eigenvalue weighted by Gasteiger charge is -2.06. The molecule has 0 amide bonds. The number of carbonyl (C=O) groups is 1. The van der Waals surface area contributed by atoms with E-state index in [1.54, 1.807) is 24.3 Å². The Labute approximate surface area is 83.5 Å². The molecule has 0 atom stereocenters. The van der Waals surface area contributed by atoms with Crippen molar-refractivity contribution in [3.8, 4) is 0 Å². The van der Waals surface area contributed by atoms with Crippen LogP contribution >= 0.6 is 0 Å². The maximum Gasteiger partial charge on any atom is 0.338 e. The van der Waals surface area contributed by atoms with Gasteiger partial charge in [0.05, 0.1) is 12.7 Å². The topological polar surface area (TPSA) is 26.3 Å². The van der Waals surface area contributed by atoms with E-state index in [0.29, 0.717) is 5.56 Å². The largest absolute Gasteiger partial charge is 0.465 e. The van der Waals surface area contributed by atoms with E-state index >= 15 is 0 Å². The first-order chi connectivity index (χ1) is 6.74. The molecule has 0 saturated carbocycles. The molecular formula is C12H12O2. The number of ether oxygens (including phenoxy) is 1. The number of hydrogen-bond donors (Lipinski definition) is 0. The van der Waals surface area contributed by atoms with Crippen molar-refractivity contribution < 1.29 is 9.53 Å². The van der Waals surface area contributed by atoms with Crippen LogP contribution in [0.5, 0.6) is 0 Å². The number of methoxy groups -OCH3 is 1. The van der Waals surface area contributed by atoms with Crippen LogP contribution in [0.15, 0.2) is 31.4 Å². The average Bonchev–Trinajstić information content (AvgIpc) is 2.26. The van der Waals surface area contributed by atoms with Crippen LogP contribution in [-0.2, 0) is 4.74 Å². The highest BCUT2D eigenvalue weighted by atomic mass is 16.5. The summed E-state index contributed by atoms with van der Waals surface area (Å²) in [5.74, 6) is -0.358. The van der Waals surface area contributed by atoms with Gasteiger partial charge in [-0.05, 0) is 17.2 Å². The molecule has 0 aliphatic rings. The van der Waals surface area contributed by atoms with Crippen molar-refractivity contribution in [1.29, 1.82) is 0 Å². The molecule has 2 heteroatoms. The van der Waals surface area contributed by atoms with E-state index in [1.807, 2.05) is 6.07 Å². The van der Waals surface area contributed by atoms with Crippen molar-refractivity contribution in [3.63, 3.8) is 0 Å². The third-order valence-corrected chi connectivity index (χ3v) is 1.97. The summed E-state index contributed by atoms with van der Waals surface area (Å²) in [5, 5.41) is 0. The molecule has 14 heavy (non-hydrogen) atoms. The van der Waals surface area contributed by atoms with Crippen LogP contribution in [0.2, 0.25) is 0 Å². The summed E-state index contributed by atoms with van der Waals surface area (Å²) in [7, 11) is 1.36. The second-order valence-electron chi connectivity index (χ2n) is 2.71. The van der Waals surface area contributed by atoms with E-state index in [4.69, 9.17) is 0 Å². The lowest BCUT2D eigenvalue weighted by Crippen LogP contribution is -2.04. The van der Waals surface area contributed by atoms with Crippen molar-refractivity contribution in [1.82, 2.24) is 0 Å². The van der Waals surface area contributed by atoms with Gasteiger partial charge in [0.25, 0.3) is 0 Å². The minimum atomic E-state index is -0.358. The number of carbonyl (C=O) groups excluding carboxylic acids is 1. The molecule has 72 valence electrons. The van der Waals surface area contributed by atoms with Gasteiger partial charge in [0.1, 0.15) is 0 Å². The van der Waals surface area contributed by atoms with E-state index in [0.717, 1.165) is 11.1 Å². The molecule has 0 radical (unpaired) electrons. The van der Waals surface area contributed by atoms with Gasteiger partial charge in [-0.15, -0.1) is 0 Å². The Bertz CT molecular complexity index is 378. The SMILES string of the molecule is C=Cc1cccc(C(=O)OC)c1C=C. The van der Waals surface area contributed by atoms with Crippen LogP contribution in [0, 0.1) is 0 Å². The Morgan fingerprint density at radius 1 is 1.36 bits per heavy atom. The van der Waals surface area contributed by atoms with Crippen LogP contribution in [0.1, 0.15) is 21.5 Å². The Balaban J connectivity index is 3.35. The van der Waals surface area contributed by atoms with Gasteiger partial charge in [0.2, 0.25) is 0 Å². The fourth-order valence-electron chi connectivity index (χ4n) is 1.28. The standard InChI is InChI=1S/C12H12O2/c1-4-9-7-6-8-11(10(9)5-2)12(13)14-3/h4-8H,1-2H2,3H3. The quantitative estimate of drug-likeness (QED) is 0.682. The zero-order valence-corrected chi connectivity index (χ0v) is 8.12. The third kappa shape index (κ3) is 1.74. The maximum absolute atomic E-state index is 11.4. The predicted molar refractivity (Wildman–Crippen MR) is 58.0 cm³/mol. The summed E-state index contributed by atoms with van der Waals surface area (Å²) in [5.41, 5.74) is 2.15. The summed E-state index contributed by atoms with van der Waals surface area (Å²) >= 11 is 0. The molecule has 0 N–H and O–H groups in total. The Morgan fingerprint density at radius 3 is 2.57 bits per heavy atom. The second kappa shape index (κ2) is 4.42. The summed E-state index contributed by atoms with van der Waals surface area (Å²) < 4.78 is 4.66. The van der Waals surface area contributed by atoms with E-state index in [-0.39, 0.29) is 5.97 Å². The molecule has 0 heterocycles. The van der Waals surface area contributed by atoms with Crippen LogP contribution in [-0.4, -0.2) is 13.1 Å². The maximum atomic E-state index is 11.4. The molecular weight excluding hydrogens is 176 g/mol. The first kappa shape index (κ1) is 10.3. The molecule has 1 aromatic rings. The van der Waals surface area contributed by atoms with Crippen molar-refractivity contribution in [2.24, 2.45) is 0 Å². The van der Waals surface area contributed by atoms with Crippen LogP contribution in [0.4, 0.5) is 0 Å². The highest BCUT2D eigenvalue weighted by molar-refractivity contribution is 5.95. The van der Waals surface area contributed by atoms with Gasteiger partial charge in [-0.1, -0.05) is 37.4 Å². The monoisotopic (exact) mass is 188 g/mol. The van der Waals surface area contributed by atoms with Crippen LogP contribution in [0.3, 0.4) is 0 Å². The molecule has 0 aromatic heterocycles. The molecule has 0 aliphatic heterocycles. The van der Waals surface area contributed by atoms with E-state index in [2.05, 4.69) is 17.9 Å². The highest BCUT2D eigenvalue weighted by Gasteiger charge is 2.10. The Morgan fingerprint density at radius 2 is 2.07 bits per heavy atom. The second-order valence-corrected chi connectivity index (χ2v) is 2.71. The minimum Gasteiger partial charge on any atom is -0.465 e. The number of benzene rings is 1. The number of rotatable bonds is 3. The molecule has 2 nitrogen and oxygen atoms in total. The summed E-state index contributed by atoms with van der Waals surface area (Å²) in [4.78, 5) is 11.4. The molecule has 0 bridgehead atoms. The average molecular weight is 188 g/mol. The molecule has 0 saturated heterocycles. The van der Waals surface area contributed by atoms with Gasteiger partial charge >= 0.3 is 5.97 Å². The Hall–Kier alpha value is -1.83. The van der Waals surface area contributed by atoms with Crippen molar-refractivity contribution >= 4 is 18.1 Å². The molecule has 1 rings (SSSR count). The summed E-state index contributed by atoms with van der Waals surface area (Å²) in [6, 6.07) is 5.36. The number of hydrogen-bond acceptors (Lipinski definition) is 2. The molecule has 0 spiro atoms. The molecule has 0 fully saturated rings. The van der Waals surface area contributed by atoms with Crippen molar-refractivity contribution in [2.75, 3.05) is 7.11 Å². The minimum absolute atomic E-state index is 0.358. The lowest BCUT2D eigenvalue weighted by molar-refractivity contribution is 0.0600. The van der Waals surface area contributed by atoms with Crippen LogP contribution < -0.4 is 0 Å². The zero-order valence-electron chi connectivity index (χ0n) is 8.12. The van der Waals surface area contributed by atoms with Gasteiger partial charge in [0, 0.05) is 0 Å². The highest BCUT2D eigenvalue weighted by Crippen LogP contribution is 2.18. The van der Waals surface area contributed by atoms with E-state index in [9.17, 15) is 4.79 Å². The molecule has 0 unspecified atom stereocenters. The fraction of sp³-hybridized carbons (Fsp3) is 0.0833. The normalized spacial score (nSPS) is 9.21. The van der Waals surface area contributed by atoms with Gasteiger partial charge in [-0.3, -0.25) is 0 Å². The molecule has 0 aliphatic carbocycles. The summed E-state index contributed by atoms with van der Waals surface area (Å²) in [6.45, 7) is 7.33. The van der Waals surface area contributed by atoms with Gasteiger partial charge in [-0.2, -0.15) is 0 Å². The van der Waals surface area contributed by atoms with E-state index < -0.39 is 0 Å². The van der Waals surface area contributed by atoms with E-state index in [1.165, 1.54) is 7.11 Å². The summed E-state index contributed by atoms with van der Waals surface area (Å²) in [6.07, 6.45) is 3.31.